The number of rotatable bonds is 8. The van der Waals surface area contributed by atoms with Crippen LogP contribution in [-0.4, -0.2) is 35.7 Å². The van der Waals surface area contributed by atoms with Gasteiger partial charge in [0.2, 0.25) is 5.78 Å². The molecule has 1 aliphatic heterocycles. The molecule has 184 valence electrons. The summed E-state index contributed by atoms with van der Waals surface area (Å²) in [5, 5.41) is 15.6. The van der Waals surface area contributed by atoms with Gasteiger partial charge >= 0.3 is 0 Å². The minimum Gasteiger partial charge on any atom is -0.503 e. The normalized spacial score (nSPS) is 15.7. The van der Waals surface area contributed by atoms with Gasteiger partial charge in [-0.15, -0.1) is 0 Å². The molecule has 4 aromatic rings. The van der Waals surface area contributed by atoms with E-state index >= 15 is 0 Å². The number of anilines is 1. The quantitative estimate of drug-likeness (QED) is 0.332. The van der Waals surface area contributed by atoms with Crippen LogP contribution in [0.3, 0.4) is 0 Å². The van der Waals surface area contributed by atoms with E-state index in [-0.39, 0.29) is 17.2 Å². The summed E-state index contributed by atoms with van der Waals surface area (Å²) in [5.41, 5.74) is 0.891. The van der Waals surface area contributed by atoms with Crippen LogP contribution in [0.5, 0.6) is 11.5 Å². The van der Waals surface area contributed by atoms with Crippen molar-refractivity contribution in [1.29, 1.82) is 0 Å². The highest BCUT2D eigenvalue weighted by molar-refractivity contribution is 6.20. The Kier molecular flexibility index (Phi) is 5.97. The zero-order chi connectivity index (χ0) is 25.4. The fourth-order valence-electron chi connectivity index (χ4n) is 4.27. The molecule has 0 bridgehead atoms. The van der Waals surface area contributed by atoms with Gasteiger partial charge in [-0.1, -0.05) is 36.3 Å². The van der Waals surface area contributed by atoms with E-state index < -0.39 is 23.5 Å². The zero-order valence-corrected chi connectivity index (χ0v) is 20.0. The van der Waals surface area contributed by atoms with Crippen molar-refractivity contribution in [2.24, 2.45) is 0 Å². The predicted octanol–water partition coefficient (Wildman–Crippen LogP) is 5.31. The first-order valence-corrected chi connectivity index (χ1v) is 11.5. The summed E-state index contributed by atoms with van der Waals surface area (Å²) in [6.07, 6.45) is 0.814. The predicted molar refractivity (Wildman–Crippen MR) is 130 cm³/mol. The minimum atomic E-state index is -1.02. The van der Waals surface area contributed by atoms with E-state index in [0.717, 1.165) is 11.8 Å². The summed E-state index contributed by atoms with van der Waals surface area (Å²) >= 11 is 0. The number of hydrogen-bond acceptors (Lipinski definition) is 8. The van der Waals surface area contributed by atoms with Crippen LogP contribution in [0.1, 0.15) is 41.3 Å². The second-order valence-corrected chi connectivity index (χ2v) is 8.37. The van der Waals surface area contributed by atoms with Crippen LogP contribution < -0.4 is 14.4 Å². The number of para-hydroxylation sites is 1. The van der Waals surface area contributed by atoms with Crippen LogP contribution in [-0.2, 0) is 4.79 Å². The number of benzene rings is 2. The number of ether oxygens (including phenoxy) is 2. The molecule has 2 aromatic carbocycles. The third-order valence-electron chi connectivity index (χ3n) is 5.93. The van der Waals surface area contributed by atoms with Crippen molar-refractivity contribution in [3.8, 4) is 11.5 Å². The summed E-state index contributed by atoms with van der Waals surface area (Å²) in [6, 6.07) is 14.4. The van der Waals surface area contributed by atoms with E-state index in [2.05, 4.69) is 5.16 Å². The number of carbonyl (C=O) groups is 2. The molecular weight excluding hydrogens is 464 g/mol. The van der Waals surface area contributed by atoms with Gasteiger partial charge in [-0.2, -0.15) is 0 Å². The van der Waals surface area contributed by atoms with Gasteiger partial charge in [0.15, 0.2) is 28.8 Å². The number of aromatic nitrogens is 1. The topological polar surface area (TPSA) is 115 Å². The van der Waals surface area contributed by atoms with Gasteiger partial charge in [-0.05, 0) is 43.2 Å². The lowest BCUT2D eigenvalue weighted by molar-refractivity contribution is -0.117. The van der Waals surface area contributed by atoms with Crippen molar-refractivity contribution < 1.29 is 33.1 Å². The van der Waals surface area contributed by atoms with Crippen LogP contribution in [0.4, 0.5) is 5.82 Å². The van der Waals surface area contributed by atoms with Crippen molar-refractivity contribution in [3.05, 3.63) is 83.0 Å². The fourth-order valence-corrected chi connectivity index (χ4v) is 4.27. The van der Waals surface area contributed by atoms with E-state index in [1.54, 1.807) is 49.4 Å². The molecule has 0 fully saturated rings. The number of aliphatic hydroxyl groups excluding tert-OH is 1. The minimum absolute atomic E-state index is 0.00333. The van der Waals surface area contributed by atoms with E-state index in [0.29, 0.717) is 35.0 Å². The Morgan fingerprint density at radius 3 is 2.64 bits per heavy atom. The second-order valence-electron chi connectivity index (χ2n) is 8.37. The van der Waals surface area contributed by atoms with Crippen molar-refractivity contribution in [3.63, 3.8) is 0 Å². The lowest BCUT2D eigenvalue weighted by Crippen LogP contribution is -2.31. The van der Waals surface area contributed by atoms with Gasteiger partial charge in [0.1, 0.15) is 11.3 Å². The van der Waals surface area contributed by atoms with Gasteiger partial charge in [0, 0.05) is 11.5 Å². The molecule has 0 spiro atoms. The Balaban J connectivity index is 1.64. The molecule has 9 nitrogen and oxygen atoms in total. The van der Waals surface area contributed by atoms with Crippen LogP contribution in [0.2, 0.25) is 0 Å². The molecule has 1 atom stereocenters. The molecule has 0 unspecified atom stereocenters. The first-order valence-electron chi connectivity index (χ1n) is 11.5. The summed E-state index contributed by atoms with van der Waals surface area (Å²) in [5.74, 6) is -0.505. The number of fused-ring (bicyclic) bond motifs is 1. The highest BCUT2D eigenvalue weighted by atomic mass is 16.5. The van der Waals surface area contributed by atoms with E-state index in [1.165, 1.54) is 12.0 Å². The van der Waals surface area contributed by atoms with E-state index in [1.807, 2.05) is 19.1 Å². The first kappa shape index (κ1) is 23.2. The molecule has 36 heavy (non-hydrogen) atoms. The van der Waals surface area contributed by atoms with Gasteiger partial charge in [0.05, 0.1) is 25.3 Å². The van der Waals surface area contributed by atoms with Crippen LogP contribution in [0.15, 0.2) is 74.9 Å². The molecule has 1 N–H and O–H groups in total. The average Bonchev–Trinajstić information content (AvgIpc) is 3.58. The molecule has 9 heteroatoms. The van der Waals surface area contributed by atoms with Gasteiger partial charge in [-0.25, -0.2) is 0 Å². The molecular formula is C27H24N2O7. The number of aliphatic hydroxyl groups is 1. The van der Waals surface area contributed by atoms with Crippen LogP contribution in [0.25, 0.3) is 11.0 Å². The molecule has 1 aliphatic rings. The number of Topliss-reactive ketones (excluding diaryl/α,β-unsaturated/α-hetero) is 1. The standard InChI is InChI=1S/C27H24N2O7/c1-4-11-34-19-10-9-17(14-20(19)33-3)24-23(25(30)21-13-16-7-5-6-8-18(16)35-21)26(31)27(32)29(24)22-12-15(2)36-28-22/h5-10,12-14,24,31H,4,11H2,1-3H3/t24-/m0/s1. The lowest BCUT2D eigenvalue weighted by atomic mass is 9.94. The van der Waals surface area contributed by atoms with Crippen molar-refractivity contribution >= 4 is 28.5 Å². The number of aryl methyl sites for hydroxylation is 1. The average molecular weight is 488 g/mol. The maximum atomic E-state index is 13.7. The summed E-state index contributed by atoms with van der Waals surface area (Å²) in [6.45, 7) is 4.17. The van der Waals surface area contributed by atoms with Crippen molar-refractivity contribution in [1.82, 2.24) is 5.16 Å². The monoisotopic (exact) mass is 488 g/mol. The molecule has 1 amide bonds. The Morgan fingerprint density at radius 2 is 1.94 bits per heavy atom. The second kappa shape index (κ2) is 9.26. The van der Waals surface area contributed by atoms with Gasteiger partial charge in [-0.3, -0.25) is 14.5 Å². The molecule has 2 aromatic heterocycles. The van der Waals surface area contributed by atoms with Crippen LogP contribution >= 0.6 is 0 Å². The fraction of sp³-hybridized carbons (Fsp3) is 0.222. The Labute approximate surface area is 206 Å². The number of amides is 1. The number of ketones is 1. The summed E-state index contributed by atoms with van der Waals surface area (Å²) in [4.78, 5) is 28.2. The Morgan fingerprint density at radius 1 is 1.14 bits per heavy atom. The van der Waals surface area contributed by atoms with Crippen LogP contribution in [0, 0.1) is 6.92 Å². The SMILES string of the molecule is CCCOc1ccc([C@H]2C(C(=O)c3cc4ccccc4o3)=C(O)C(=O)N2c2cc(C)on2)cc1OC. The Hall–Kier alpha value is -4.53. The smallest absolute Gasteiger partial charge is 0.295 e. The van der Waals surface area contributed by atoms with Gasteiger partial charge < -0.3 is 23.5 Å². The molecule has 0 saturated carbocycles. The molecule has 3 heterocycles. The number of furan rings is 1. The number of nitrogens with zero attached hydrogens (tertiary/aromatic N) is 2. The largest absolute Gasteiger partial charge is 0.503 e. The van der Waals surface area contributed by atoms with Crippen molar-refractivity contribution in [2.75, 3.05) is 18.6 Å². The third-order valence-corrected chi connectivity index (χ3v) is 5.93. The highest BCUT2D eigenvalue weighted by Gasteiger charge is 2.46. The molecule has 0 radical (unpaired) electrons. The lowest BCUT2D eigenvalue weighted by Gasteiger charge is -2.25. The molecule has 5 rings (SSSR count). The highest BCUT2D eigenvalue weighted by Crippen LogP contribution is 2.44. The van der Waals surface area contributed by atoms with Crippen molar-refractivity contribution in [2.45, 2.75) is 26.3 Å². The molecule has 0 aliphatic carbocycles. The zero-order valence-electron chi connectivity index (χ0n) is 20.0. The third kappa shape index (κ3) is 3.88. The summed E-state index contributed by atoms with van der Waals surface area (Å²) in [7, 11) is 1.50. The first-order chi connectivity index (χ1) is 17.4. The number of hydrogen-bond donors (Lipinski definition) is 1. The Bertz CT molecular complexity index is 1460. The van der Waals surface area contributed by atoms with E-state index in [4.69, 9.17) is 18.4 Å². The maximum Gasteiger partial charge on any atom is 0.295 e. The van der Waals surface area contributed by atoms with E-state index in [9.17, 15) is 14.7 Å². The maximum absolute atomic E-state index is 13.7. The number of carbonyl (C=O) groups excluding carboxylic acids is 2. The van der Waals surface area contributed by atoms with Gasteiger partial charge in [0.25, 0.3) is 5.91 Å². The molecule has 0 saturated heterocycles. The number of methoxy groups -OCH3 is 1. The summed E-state index contributed by atoms with van der Waals surface area (Å²) < 4.78 is 22.2.